The van der Waals surface area contributed by atoms with Crippen LogP contribution >= 0.6 is 0 Å². The molecular formula is C9H11N3O5. The van der Waals surface area contributed by atoms with Gasteiger partial charge in [0.2, 0.25) is 0 Å². The largest absolute Gasteiger partial charge is 0.480 e. The number of carboxylic acids is 1. The summed E-state index contributed by atoms with van der Waals surface area (Å²) in [6.45, 7) is 1.61. The topological polar surface area (TPSA) is 125 Å². The van der Waals surface area contributed by atoms with E-state index < -0.39 is 22.8 Å². The lowest BCUT2D eigenvalue weighted by Crippen LogP contribution is -2.40. The van der Waals surface area contributed by atoms with Gasteiger partial charge in [-0.05, 0) is 17.4 Å². The molecule has 0 aromatic carbocycles. The number of H-pyrrole nitrogens is 1. The molecule has 3 N–H and O–H groups in total. The minimum atomic E-state index is -1.15. The highest BCUT2D eigenvalue weighted by molar-refractivity contribution is 5.95. The van der Waals surface area contributed by atoms with Crippen molar-refractivity contribution in [1.29, 1.82) is 0 Å². The van der Waals surface area contributed by atoms with Crippen LogP contribution in [0, 0.1) is 10.1 Å². The molecule has 1 aromatic heterocycles. The Kier molecular flexibility index (Phi) is 3.81. The van der Waals surface area contributed by atoms with Gasteiger partial charge in [-0.3, -0.25) is 4.79 Å². The van der Waals surface area contributed by atoms with Crippen LogP contribution in [0.1, 0.15) is 23.8 Å². The zero-order chi connectivity index (χ0) is 13.0. The zero-order valence-corrected chi connectivity index (χ0v) is 8.97. The number of aromatic nitrogens is 1. The summed E-state index contributed by atoms with van der Waals surface area (Å²) in [6.07, 6.45) is 0.226. The van der Waals surface area contributed by atoms with Crippen LogP contribution in [0.4, 0.5) is 5.82 Å². The van der Waals surface area contributed by atoms with E-state index in [1.54, 1.807) is 6.92 Å². The third kappa shape index (κ3) is 3.03. The van der Waals surface area contributed by atoms with Crippen LogP contribution < -0.4 is 5.32 Å². The molecule has 1 aromatic rings. The Morgan fingerprint density at radius 2 is 2.24 bits per heavy atom. The van der Waals surface area contributed by atoms with Crippen LogP contribution in [-0.2, 0) is 4.79 Å². The molecule has 1 amide bonds. The minimum absolute atomic E-state index is 0.0450. The Morgan fingerprint density at radius 1 is 1.59 bits per heavy atom. The number of aromatic amines is 1. The molecular weight excluding hydrogens is 230 g/mol. The lowest BCUT2D eigenvalue weighted by molar-refractivity contribution is -0.389. The van der Waals surface area contributed by atoms with E-state index in [4.69, 9.17) is 5.11 Å². The Balaban J connectivity index is 2.75. The molecule has 0 radical (unpaired) electrons. The van der Waals surface area contributed by atoms with Gasteiger partial charge in [-0.15, -0.1) is 0 Å². The number of aliphatic carboxylic acids is 1. The van der Waals surface area contributed by atoms with Crippen molar-refractivity contribution in [2.75, 3.05) is 0 Å². The van der Waals surface area contributed by atoms with Crippen molar-refractivity contribution in [1.82, 2.24) is 10.3 Å². The Labute approximate surface area is 95.8 Å². The van der Waals surface area contributed by atoms with Crippen molar-refractivity contribution < 1.29 is 19.6 Å². The molecule has 1 heterocycles. The molecule has 8 nitrogen and oxygen atoms in total. The van der Waals surface area contributed by atoms with Crippen molar-refractivity contribution >= 4 is 17.7 Å². The first-order valence-corrected chi connectivity index (χ1v) is 4.82. The van der Waals surface area contributed by atoms with Crippen molar-refractivity contribution in [2.24, 2.45) is 0 Å². The molecule has 17 heavy (non-hydrogen) atoms. The molecule has 0 aliphatic rings. The molecule has 1 rings (SSSR count). The summed E-state index contributed by atoms with van der Waals surface area (Å²) in [6, 6.07) is 1.35. The quantitative estimate of drug-likeness (QED) is 0.511. The van der Waals surface area contributed by atoms with E-state index in [0.29, 0.717) is 0 Å². The molecule has 0 fully saturated rings. The first-order valence-electron chi connectivity index (χ1n) is 4.82. The average molecular weight is 241 g/mol. The fraction of sp³-hybridized carbons (Fsp3) is 0.333. The van der Waals surface area contributed by atoms with E-state index in [-0.39, 0.29) is 17.9 Å². The molecule has 8 heteroatoms. The third-order valence-electron chi connectivity index (χ3n) is 2.12. The summed E-state index contributed by atoms with van der Waals surface area (Å²) in [7, 11) is 0. The molecule has 92 valence electrons. The van der Waals surface area contributed by atoms with E-state index >= 15 is 0 Å². The van der Waals surface area contributed by atoms with Crippen LogP contribution in [0.15, 0.2) is 12.1 Å². The Morgan fingerprint density at radius 3 is 2.65 bits per heavy atom. The number of rotatable bonds is 5. The second-order valence-electron chi connectivity index (χ2n) is 3.29. The predicted molar refractivity (Wildman–Crippen MR) is 56.6 cm³/mol. The standard InChI is InChI=1S/C9H11N3O5/c1-2-5(9(14)15)11-8(13)6-3-4-7(10-6)12(16)17/h3-5,10H,2H2,1H3,(H,11,13)(H,14,15). The van der Waals surface area contributed by atoms with Crippen molar-refractivity contribution in [2.45, 2.75) is 19.4 Å². The number of hydrogen-bond acceptors (Lipinski definition) is 4. The number of hydrogen-bond donors (Lipinski definition) is 3. The van der Waals surface area contributed by atoms with Gasteiger partial charge in [0.1, 0.15) is 6.04 Å². The maximum atomic E-state index is 11.5. The fourth-order valence-corrected chi connectivity index (χ4v) is 1.20. The number of nitro groups is 1. The van der Waals surface area contributed by atoms with E-state index in [1.807, 2.05) is 0 Å². The molecule has 0 saturated carbocycles. The Hall–Kier alpha value is -2.38. The average Bonchev–Trinajstić information content (AvgIpc) is 2.74. The van der Waals surface area contributed by atoms with Gasteiger partial charge in [0.05, 0.1) is 0 Å². The molecule has 0 bridgehead atoms. The number of nitrogens with zero attached hydrogens (tertiary/aromatic N) is 1. The third-order valence-corrected chi connectivity index (χ3v) is 2.12. The lowest BCUT2D eigenvalue weighted by atomic mass is 10.2. The zero-order valence-electron chi connectivity index (χ0n) is 8.97. The number of carbonyl (C=O) groups excluding carboxylic acids is 1. The number of amides is 1. The van der Waals surface area contributed by atoms with Crippen molar-refractivity contribution in [3.05, 3.63) is 27.9 Å². The number of carboxylic acid groups (broad SMARTS) is 1. The van der Waals surface area contributed by atoms with Gasteiger partial charge in [-0.25, -0.2) is 9.78 Å². The summed E-state index contributed by atoms with van der Waals surface area (Å²) in [5, 5.41) is 21.3. The van der Waals surface area contributed by atoms with Gasteiger partial charge in [-0.2, -0.15) is 0 Å². The fourth-order valence-electron chi connectivity index (χ4n) is 1.20. The minimum Gasteiger partial charge on any atom is -0.480 e. The van der Waals surface area contributed by atoms with Gasteiger partial charge >= 0.3 is 11.8 Å². The monoisotopic (exact) mass is 241 g/mol. The normalized spacial score (nSPS) is 11.8. The molecule has 1 atom stereocenters. The maximum Gasteiger partial charge on any atom is 0.326 e. The van der Waals surface area contributed by atoms with Gasteiger partial charge in [0, 0.05) is 6.07 Å². The second kappa shape index (κ2) is 5.10. The molecule has 0 spiro atoms. The predicted octanol–water partition coefficient (Wildman–Crippen LogP) is 0.516. The highest BCUT2D eigenvalue weighted by Crippen LogP contribution is 2.10. The van der Waals surface area contributed by atoms with Crippen LogP contribution in [-0.4, -0.2) is 32.9 Å². The van der Waals surface area contributed by atoms with E-state index in [1.165, 1.54) is 6.07 Å². The molecule has 0 saturated heterocycles. The summed E-state index contributed by atoms with van der Waals surface area (Å²) >= 11 is 0. The lowest BCUT2D eigenvalue weighted by Gasteiger charge is -2.09. The van der Waals surface area contributed by atoms with Crippen LogP contribution in [0.5, 0.6) is 0 Å². The van der Waals surface area contributed by atoms with E-state index in [9.17, 15) is 19.7 Å². The van der Waals surface area contributed by atoms with Crippen molar-refractivity contribution in [3.8, 4) is 0 Å². The van der Waals surface area contributed by atoms with Crippen LogP contribution in [0.2, 0.25) is 0 Å². The van der Waals surface area contributed by atoms with Gasteiger partial charge < -0.3 is 20.5 Å². The van der Waals surface area contributed by atoms with Gasteiger partial charge in [0.25, 0.3) is 5.91 Å². The van der Waals surface area contributed by atoms with Crippen LogP contribution in [0.25, 0.3) is 0 Å². The van der Waals surface area contributed by atoms with Crippen LogP contribution in [0.3, 0.4) is 0 Å². The first kappa shape index (κ1) is 12.7. The number of nitrogens with one attached hydrogen (secondary N) is 2. The second-order valence-corrected chi connectivity index (χ2v) is 3.29. The van der Waals surface area contributed by atoms with E-state index in [2.05, 4.69) is 10.3 Å². The summed E-state index contributed by atoms with van der Waals surface area (Å²) in [5.41, 5.74) is -0.0450. The SMILES string of the molecule is CCC(NC(=O)c1ccc([N+](=O)[O-])[nH]1)C(=O)O. The van der Waals surface area contributed by atoms with Gasteiger partial charge in [-0.1, -0.05) is 6.92 Å². The highest BCUT2D eigenvalue weighted by atomic mass is 16.6. The van der Waals surface area contributed by atoms with E-state index in [0.717, 1.165) is 6.07 Å². The molecule has 1 unspecified atom stereocenters. The summed E-state index contributed by atoms with van der Waals surface area (Å²) in [5.74, 6) is -2.16. The highest BCUT2D eigenvalue weighted by Gasteiger charge is 2.21. The Bertz CT molecular complexity index is 453. The molecule has 0 aliphatic carbocycles. The van der Waals surface area contributed by atoms with Gasteiger partial charge in [0.15, 0.2) is 5.69 Å². The number of carbonyl (C=O) groups is 2. The smallest absolute Gasteiger partial charge is 0.326 e. The maximum absolute atomic E-state index is 11.5. The first-order chi connectivity index (χ1) is 7.95. The van der Waals surface area contributed by atoms with Crippen molar-refractivity contribution in [3.63, 3.8) is 0 Å². The molecule has 0 aliphatic heterocycles. The summed E-state index contributed by atoms with van der Waals surface area (Å²) < 4.78 is 0. The summed E-state index contributed by atoms with van der Waals surface area (Å²) in [4.78, 5) is 34.2.